The van der Waals surface area contributed by atoms with E-state index in [4.69, 9.17) is 4.74 Å². The zero-order valence-electron chi connectivity index (χ0n) is 16.9. The second-order valence-corrected chi connectivity index (χ2v) is 9.23. The number of nitrogens with zero attached hydrogens (tertiary/aromatic N) is 1. The largest absolute Gasteiger partial charge is 0.492 e. The van der Waals surface area contributed by atoms with Gasteiger partial charge in [-0.2, -0.15) is 0 Å². The Labute approximate surface area is 172 Å². The molecule has 0 spiro atoms. The number of para-hydroxylation sites is 1. The molecule has 0 radical (unpaired) electrons. The summed E-state index contributed by atoms with van der Waals surface area (Å²) in [6.07, 6.45) is 1.98. The molecule has 0 unspecified atom stereocenters. The van der Waals surface area contributed by atoms with E-state index in [1.807, 2.05) is 24.3 Å². The molecule has 0 atom stereocenters. The Balaban J connectivity index is 1.60. The van der Waals surface area contributed by atoms with E-state index in [2.05, 4.69) is 18.6 Å². The fourth-order valence-electron chi connectivity index (χ4n) is 3.41. The number of amides is 1. The highest BCUT2D eigenvalue weighted by Gasteiger charge is 2.21. The van der Waals surface area contributed by atoms with E-state index in [1.165, 1.54) is 12.1 Å². The summed E-state index contributed by atoms with van der Waals surface area (Å²) in [7, 11) is -3.72. The standard InChI is InChI=1S/C22H28N2O4S/c1-17(2)20-10-3-4-11-21(20)28-15-12-23-29(26,27)19-9-7-8-18(16-19)22(25)24-13-5-6-14-24/h3-4,7-11,16-17,23H,5-6,12-15H2,1-2H3. The molecule has 7 heteroatoms. The van der Waals surface area contributed by atoms with Crippen molar-refractivity contribution in [1.82, 2.24) is 9.62 Å². The molecule has 156 valence electrons. The zero-order valence-corrected chi connectivity index (χ0v) is 17.7. The number of carbonyl (C=O) groups is 1. The molecule has 1 saturated heterocycles. The average molecular weight is 417 g/mol. The summed E-state index contributed by atoms with van der Waals surface area (Å²) >= 11 is 0. The summed E-state index contributed by atoms with van der Waals surface area (Å²) in [6, 6.07) is 14.0. The lowest BCUT2D eigenvalue weighted by Gasteiger charge is -2.16. The number of carbonyl (C=O) groups excluding carboxylic acids is 1. The van der Waals surface area contributed by atoms with Crippen LogP contribution in [0.2, 0.25) is 0 Å². The van der Waals surface area contributed by atoms with E-state index in [-0.39, 0.29) is 24.0 Å². The van der Waals surface area contributed by atoms with Gasteiger partial charge < -0.3 is 9.64 Å². The molecule has 1 heterocycles. The van der Waals surface area contributed by atoms with Gasteiger partial charge in [-0.1, -0.05) is 38.1 Å². The number of benzene rings is 2. The molecular weight excluding hydrogens is 388 g/mol. The molecule has 0 saturated carbocycles. The van der Waals surface area contributed by atoms with Crippen LogP contribution >= 0.6 is 0 Å². The van der Waals surface area contributed by atoms with Gasteiger partial charge in [0.15, 0.2) is 0 Å². The maximum atomic E-state index is 12.6. The maximum absolute atomic E-state index is 12.6. The van der Waals surface area contributed by atoms with Crippen LogP contribution in [-0.4, -0.2) is 45.5 Å². The molecule has 29 heavy (non-hydrogen) atoms. The number of sulfonamides is 1. The van der Waals surface area contributed by atoms with Crippen LogP contribution in [0.1, 0.15) is 48.5 Å². The lowest BCUT2D eigenvalue weighted by molar-refractivity contribution is 0.0792. The van der Waals surface area contributed by atoms with Crippen molar-refractivity contribution in [2.75, 3.05) is 26.2 Å². The first kappa shape index (κ1) is 21.3. The molecule has 6 nitrogen and oxygen atoms in total. The van der Waals surface area contributed by atoms with Crippen molar-refractivity contribution in [3.63, 3.8) is 0 Å². The Morgan fingerprint density at radius 3 is 2.55 bits per heavy atom. The second-order valence-electron chi connectivity index (χ2n) is 7.47. The Morgan fingerprint density at radius 1 is 1.10 bits per heavy atom. The van der Waals surface area contributed by atoms with Gasteiger partial charge in [0.25, 0.3) is 5.91 Å². The summed E-state index contributed by atoms with van der Waals surface area (Å²) in [4.78, 5) is 14.4. The number of rotatable bonds is 8. The molecule has 0 aliphatic carbocycles. The van der Waals surface area contributed by atoms with Crippen LogP contribution in [0.3, 0.4) is 0 Å². The number of likely N-dealkylation sites (tertiary alicyclic amines) is 1. The van der Waals surface area contributed by atoms with Crippen molar-refractivity contribution >= 4 is 15.9 Å². The first-order chi connectivity index (χ1) is 13.9. The smallest absolute Gasteiger partial charge is 0.253 e. The minimum absolute atomic E-state index is 0.0881. The van der Waals surface area contributed by atoms with Crippen LogP contribution < -0.4 is 9.46 Å². The Morgan fingerprint density at radius 2 is 1.83 bits per heavy atom. The molecule has 1 amide bonds. The molecule has 2 aromatic carbocycles. The monoisotopic (exact) mass is 416 g/mol. The van der Waals surface area contributed by atoms with Crippen molar-refractivity contribution < 1.29 is 17.9 Å². The van der Waals surface area contributed by atoms with E-state index >= 15 is 0 Å². The number of nitrogens with one attached hydrogen (secondary N) is 1. The van der Waals surface area contributed by atoms with Gasteiger partial charge in [-0.3, -0.25) is 4.79 Å². The van der Waals surface area contributed by atoms with E-state index < -0.39 is 10.0 Å². The van der Waals surface area contributed by atoms with Crippen LogP contribution in [0.15, 0.2) is 53.4 Å². The van der Waals surface area contributed by atoms with Crippen molar-refractivity contribution in [1.29, 1.82) is 0 Å². The Bertz CT molecular complexity index is 951. The Hall–Kier alpha value is -2.38. The Kier molecular flexibility index (Phi) is 6.92. The van der Waals surface area contributed by atoms with E-state index in [0.717, 1.165) is 37.2 Å². The van der Waals surface area contributed by atoms with E-state index in [1.54, 1.807) is 17.0 Å². The molecule has 2 aromatic rings. The van der Waals surface area contributed by atoms with Crippen molar-refractivity contribution in [2.24, 2.45) is 0 Å². The highest BCUT2D eigenvalue weighted by molar-refractivity contribution is 7.89. The summed E-state index contributed by atoms with van der Waals surface area (Å²) < 4.78 is 33.6. The predicted octanol–water partition coefficient (Wildman–Crippen LogP) is 3.40. The van der Waals surface area contributed by atoms with Crippen molar-refractivity contribution in [3.8, 4) is 5.75 Å². The summed E-state index contributed by atoms with van der Waals surface area (Å²) in [5.41, 5.74) is 1.49. The van der Waals surface area contributed by atoms with Crippen molar-refractivity contribution in [2.45, 2.75) is 37.5 Å². The number of hydrogen-bond donors (Lipinski definition) is 1. The van der Waals surface area contributed by atoms with Gasteiger partial charge in [-0.25, -0.2) is 13.1 Å². The van der Waals surface area contributed by atoms with Gasteiger partial charge in [-0.05, 0) is 48.6 Å². The summed E-state index contributed by atoms with van der Waals surface area (Å²) in [5.74, 6) is 0.965. The lowest BCUT2D eigenvalue weighted by Crippen LogP contribution is -2.30. The molecule has 0 aromatic heterocycles. The topological polar surface area (TPSA) is 75.7 Å². The van der Waals surface area contributed by atoms with E-state index in [0.29, 0.717) is 11.5 Å². The highest BCUT2D eigenvalue weighted by atomic mass is 32.2. The third kappa shape index (κ3) is 5.36. The average Bonchev–Trinajstić information content (AvgIpc) is 3.26. The van der Waals surface area contributed by atoms with Gasteiger partial charge in [0.05, 0.1) is 4.90 Å². The fraction of sp³-hybridized carbons (Fsp3) is 0.409. The van der Waals surface area contributed by atoms with Crippen LogP contribution in [0.5, 0.6) is 5.75 Å². The number of hydrogen-bond acceptors (Lipinski definition) is 4. The van der Waals surface area contributed by atoms with Crippen LogP contribution in [-0.2, 0) is 10.0 Å². The maximum Gasteiger partial charge on any atom is 0.253 e. The summed E-state index contributed by atoms with van der Waals surface area (Å²) in [5, 5.41) is 0. The SMILES string of the molecule is CC(C)c1ccccc1OCCNS(=O)(=O)c1cccc(C(=O)N2CCCC2)c1. The number of ether oxygens (including phenoxy) is 1. The van der Waals surface area contributed by atoms with Crippen molar-refractivity contribution in [3.05, 3.63) is 59.7 Å². The summed E-state index contributed by atoms with van der Waals surface area (Å²) in [6.45, 7) is 5.98. The van der Waals surface area contributed by atoms with Gasteiger partial charge in [0.1, 0.15) is 12.4 Å². The molecular formula is C22H28N2O4S. The molecule has 1 fully saturated rings. The molecule has 1 aliphatic heterocycles. The van der Waals surface area contributed by atoms with Gasteiger partial charge in [-0.15, -0.1) is 0 Å². The second kappa shape index (κ2) is 9.41. The van der Waals surface area contributed by atoms with Gasteiger partial charge in [0, 0.05) is 25.2 Å². The first-order valence-electron chi connectivity index (χ1n) is 9.99. The molecule has 0 bridgehead atoms. The first-order valence-corrected chi connectivity index (χ1v) is 11.5. The van der Waals surface area contributed by atoms with Crippen LogP contribution in [0.4, 0.5) is 0 Å². The third-order valence-corrected chi connectivity index (χ3v) is 6.44. The van der Waals surface area contributed by atoms with Crippen LogP contribution in [0.25, 0.3) is 0 Å². The third-order valence-electron chi connectivity index (χ3n) is 4.98. The van der Waals surface area contributed by atoms with Gasteiger partial charge in [0.2, 0.25) is 10.0 Å². The quantitative estimate of drug-likeness (QED) is 0.669. The zero-order chi connectivity index (χ0) is 20.9. The predicted molar refractivity (Wildman–Crippen MR) is 113 cm³/mol. The molecule has 3 rings (SSSR count). The fourth-order valence-corrected chi connectivity index (χ4v) is 4.47. The minimum Gasteiger partial charge on any atom is -0.492 e. The highest BCUT2D eigenvalue weighted by Crippen LogP contribution is 2.25. The van der Waals surface area contributed by atoms with Crippen LogP contribution in [0, 0.1) is 0 Å². The molecule has 1 N–H and O–H groups in total. The van der Waals surface area contributed by atoms with Gasteiger partial charge >= 0.3 is 0 Å². The minimum atomic E-state index is -3.72. The normalized spacial score (nSPS) is 14.4. The lowest BCUT2D eigenvalue weighted by atomic mass is 10.0. The van der Waals surface area contributed by atoms with E-state index in [9.17, 15) is 13.2 Å². The molecule has 1 aliphatic rings.